The summed E-state index contributed by atoms with van der Waals surface area (Å²) in [4.78, 5) is 0. The highest BCUT2D eigenvalue weighted by atomic mass is 32.2. The van der Waals surface area contributed by atoms with Crippen molar-refractivity contribution in [3.63, 3.8) is 0 Å². The molecular formula is C15H23N3O2S. The first-order valence-corrected chi connectivity index (χ1v) is 8.99. The highest BCUT2D eigenvalue weighted by Gasteiger charge is 2.34. The SMILES string of the molecule is CN(C1CCNCC1)S(=O)(=O)N1CCc2ccccc2C1. The lowest BCUT2D eigenvalue weighted by Gasteiger charge is -2.36. The van der Waals surface area contributed by atoms with Crippen LogP contribution in [-0.4, -0.2) is 49.8 Å². The van der Waals surface area contributed by atoms with Gasteiger partial charge in [0, 0.05) is 26.2 Å². The molecule has 1 aromatic rings. The summed E-state index contributed by atoms with van der Waals surface area (Å²) < 4.78 is 28.9. The lowest BCUT2D eigenvalue weighted by atomic mass is 10.0. The second-order valence-corrected chi connectivity index (χ2v) is 7.85. The Morgan fingerprint density at radius 2 is 1.86 bits per heavy atom. The molecule has 21 heavy (non-hydrogen) atoms. The predicted molar refractivity (Wildman–Crippen MR) is 83.1 cm³/mol. The Bertz CT molecular complexity index is 597. The van der Waals surface area contributed by atoms with Gasteiger partial charge in [0.15, 0.2) is 0 Å². The molecule has 0 aromatic heterocycles. The predicted octanol–water partition coefficient (Wildman–Crippen LogP) is 0.973. The Morgan fingerprint density at radius 1 is 1.19 bits per heavy atom. The normalized spacial score (nSPS) is 21.4. The Hall–Kier alpha value is -0.950. The monoisotopic (exact) mass is 309 g/mol. The quantitative estimate of drug-likeness (QED) is 0.905. The van der Waals surface area contributed by atoms with Crippen LogP contribution >= 0.6 is 0 Å². The van der Waals surface area contributed by atoms with Gasteiger partial charge >= 0.3 is 0 Å². The van der Waals surface area contributed by atoms with E-state index in [0.717, 1.165) is 37.9 Å². The van der Waals surface area contributed by atoms with Gasteiger partial charge in [-0.2, -0.15) is 17.0 Å². The van der Waals surface area contributed by atoms with Crippen LogP contribution in [0.1, 0.15) is 24.0 Å². The van der Waals surface area contributed by atoms with E-state index < -0.39 is 10.2 Å². The number of nitrogens with zero attached hydrogens (tertiary/aromatic N) is 2. The fraction of sp³-hybridized carbons (Fsp3) is 0.600. The summed E-state index contributed by atoms with van der Waals surface area (Å²) >= 11 is 0. The molecule has 6 heteroatoms. The van der Waals surface area contributed by atoms with Crippen LogP contribution in [0.2, 0.25) is 0 Å². The first-order chi connectivity index (χ1) is 10.1. The van der Waals surface area contributed by atoms with Gasteiger partial charge in [0.1, 0.15) is 0 Å². The van der Waals surface area contributed by atoms with E-state index in [2.05, 4.69) is 11.4 Å². The molecule has 2 aliphatic rings. The van der Waals surface area contributed by atoms with Crippen LogP contribution in [0.4, 0.5) is 0 Å². The summed E-state index contributed by atoms with van der Waals surface area (Å²) in [6, 6.07) is 8.24. The van der Waals surface area contributed by atoms with Crippen molar-refractivity contribution in [2.45, 2.75) is 31.8 Å². The Morgan fingerprint density at radius 3 is 2.57 bits per heavy atom. The maximum atomic E-state index is 12.8. The van der Waals surface area contributed by atoms with Gasteiger partial charge in [-0.05, 0) is 43.5 Å². The summed E-state index contributed by atoms with van der Waals surface area (Å²) in [7, 11) is -1.64. The first-order valence-electron chi connectivity index (χ1n) is 7.59. The third-order valence-corrected chi connectivity index (χ3v) is 6.60. The molecule has 2 heterocycles. The first kappa shape index (κ1) is 15.0. The van der Waals surface area contributed by atoms with Crippen molar-refractivity contribution in [1.82, 2.24) is 13.9 Å². The van der Waals surface area contributed by atoms with E-state index in [1.54, 1.807) is 15.7 Å². The molecule has 0 aliphatic carbocycles. The molecule has 0 spiro atoms. The van der Waals surface area contributed by atoms with E-state index in [9.17, 15) is 8.42 Å². The van der Waals surface area contributed by atoms with Crippen molar-refractivity contribution < 1.29 is 8.42 Å². The summed E-state index contributed by atoms with van der Waals surface area (Å²) in [5.74, 6) is 0. The smallest absolute Gasteiger partial charge is 0.282 e. The fourth-order valence-electron chi connectivity index (χ4n) is 3.21. The largest absolute Gasteiger partial charge is 0.317 e. The van der Waals surface area contributed by atoms with Gasteiger partial charge < -0.3 is 5.32 Å². The summed E-state index contributed by atoms with van der Waals surface area (Å²) in [5.41, 5.74) is 2.40. The number of hydrogen-bond acceptors (Lipinski definition) is 3. The van der Waals surface area contributed by atoms with Crippen molar-refractivity contribution in [1.29, 1.82) is 0 Å². The summed E-state index contributed by atoms with van der Waals surface area (Å²) in [5, 5.41) is 3.28. The minimum atomic E-state index is -3.37. The van der Waals surface area contributed by atoms with E-state index in [0.29, 0.717) is 13.1 Å². The van der Waals surface area contributed by atoms with Gasteiger partial charge in [-0.15, -0.1) is 0 Å². The number of fused-ring (bicyclic) bond motifs is 1. The molecule has 0 bridgehead atoms. The van der Waals surface area contributed by atoms with Crippen LogP contribution in [0.15, 0.2) is 24.3 Å². The fourth-order valence-corrected chi connectivity index (χ4v) is 4.78. The standard InChI is InChI=1S/C15H23N3O2S/c1-17(15-6-9-16-10-7-15)21(19,20)18-11-8-13-4-2-3-5-14(13)12-18/h2-5,15-16H,6-12H2,1H3. The third kappa shape index (κ3) is 2.99. The maximum Gasteiger partial charge on any atom is 0.282 e. The molecule has 1 fully saturated rings. The number of hydrogen-bond donors (Lipinski definition) is 1. The van der Waals surface area contributed by atoms with E-state index in [4.69, 9.17) is 0 Å². The second-order valence-electron chi connectivity index (χ2n) is 5.86. The molecule has 116 valence electrons. The minimum Gasteiger partial charge on any atom is -0.317 e. The van der Waals surface area contributed by atoms with Gasteiger partial charge in [-0.25, -0.2) is 0 Å². The molecule has 0 atom stereocenters. The minimum absolute atomic E-state index is 0.119. The summed E-state index contributed by atoms with van der Waals surface area (Å²) in [6.45, 7) is 2.86. The third-order valence-electron chi connectivity index (χ3n) is 4.61. The topological polar surface area (TPSA) is 52.7 Å². The zero-order chi connectivity index (χ0) is 14.9. The van der Waals surface area contributed by atoms with Crippen LogP contribution < -0.4 is 5.32 Å². The van der Waals surface area contributed by atoms with Crippen LogP contribution in [0.5, 0.6) is 0 Å². The molecular weight excluding hydrogens is 286 g/mol. The van der Waals surface area contributed by atoms with E-state index >= 15 is 0 Å². The Kier molecular flexibility index (Phi) is 4.31. The molecule has 1 saturated heterocycles. The van der Waals surface area contributed by atoms with Crippen LogP contribution in [0, 0.1) is 0 Å². The Balaban J connectivity index is 1.76. The van der Waals surface area contributed by atoms with Crippen molar-refractivity contribution >= 4 is 10.2 Å². The zero-order valence-electron chi connectivity index (χ0n) is 12.5. The lowest BCUT2D eigenvalue weighted by Crippen LogP contribution is -2.50. The number of nitrogens with one attached hydrogen (secondary N) is 1. The molecule has 0 radical (unpaired) electrons. The molecule has 5 nitrogen and oxygen atoms in total. The van der Waals surface area contributed by atoms with Gasteiger partial charge in [-0.3, -0.25) is 0 Å². The van der Waals surface area contributed by atoms with Crippen molar-refractivity contribution in [2.75, 3.05) is 26.7 Å². The van der Waals surface area contributed by atoms with Gasteiger partial charge in [-0.1, -0.05) is 24.3 Å². The molecule has 1 N–H and O–H groups in total. The van der Waals surface area contributed by atoms with E-state index in [-0.39, 0.29) is 6.04 Å². The molecule has 2 aliphatic heterocycles. The lowest BCUT2D eigenvalue weighted by molar-refractivity contribution is 0.266. The van der Waals surface area contributed by atoms with E-state index in [1.807, 2.05) is 18.2 Å². The van der Waals surface area contributed by atoms with Crippen molar-refractivity contribution in [3.05, 3.63) is 35.4 Å². The van der Waals surface area contributed by atoms with Crippen molar-refractivity contribution in [2.24, 2.45) is 0 Å². The molecule has 0 amide bonds. The second kappa shape index (κ2) is 6.04. The van der Waals surface area contributed by atoms with Gasteiger partial charge in [0.25, 0.3) is 10.2 Å². The molecule has 0 saturated carbocycles. The highest BCUT2D eigenvalue weighted by molar-refractivity contribution is 7.86. The highest BCUT2D eigenvalue weighted by Crippen LogP contribution is 2.24. The molecule has 1 aromatic carbocycles. The number of rotatable bonds is 3. The average molecular weight is 309 g/mol. The van der Waals surface area contributed by atoms with Crippen molar-refractivity contribution in [3.8, 4) is 0 Å². The number of benzene rings is 1. The molecule has 3 rings (SSSR count). The van der Waals surface area contributed by atoms with Gasteiger partial charge in [0.2, 0.25) is 0 Å². The van der Waals surface area contributed by atoms with Gasteiger partial charge in [0.05, 0.1) is 0 Å². The molecule has 0 unspecified atom stereocenters. The van der Waals surface area contributed by atoms with E-state index in [1.165, 1.54) is 5.56 Å². The average Bonchev–Trinajstić information content (AvgIpc) is 2.54. The maximum absolute atomic E-state index is 12.8. The zero-order valence-corrected chi connectivity index (χ0v) is 13.3. The van der Waals surface area contributed by atoms with Crippen LogP contribution in [-0.2, 0) is 23.2 Å². The van der Waals surface area contributed by atoms with Crippen LogP contribution in [0.3, 0.4) is 0 Å². The Labute approximate surface area is 127 Å². The number of piperidine rings is 1. The summed E-state index contributed by atoms with van der Waals surface area (Å²) in [6.07, 6.45) is 2.58. The van der Waals surface area contributed by atoms with Crippen LogP contribution in [0.25, 0.3) is 0 Å².